The lowest BCUT2D eigenvalue weighted by molar-refractivity contribution is 0.175. The maximum atomic E-state index is 12.4. The Bertz CT molecular complexity index is 464. The first-order chi connectivity index (χ1) is 8.53. The molecule has 2 heterocycles. The van der Waals surface area contributed by atoms with Crippen molar-refractivity contribution in [2.45, 2.75) is 37.5 Å². The molecule has 18 heavy (non-hydrogen) atoms. The van der Waals surface area contributed by atoms with Gasteiger partial charge >= 0.3 is 0 Å². The maximum absolute atomic E-state index is 12.4. The maximum Gasteiger partial charge on any atom is 0.219 e. The van der Waals surface area contributed by atoms with E-state index in [0.717, 1.165) is 19.3 Å². The van der Waals surface area contributed by atoms with Gasteiger partial charge in [-0.25, -0.2) is 12.7 Å². The Morgan fingerprint density at radius 2 is 2.00 bits per heavy atom. The van der Waals surface area contributed by atoms with E-state index >= 15 is 0 Å². The molecule has 0 unspecified atom stereocenters. The van der Waals surface area contributed by atoms with Crippen molar-refractivity contribution in [3.05, 3.63) is 22.4 Å². The second-order valence-corrected chi connectivity index (χ2v) is 7.94. The highest BCUT2D eigenvalue weighted by Gasteiger charge is 2.35. The summed E-state index contributed by atoms with van der Waals surface area (Å²) >= 11 is 1.39. The average Bonchev–Trinajstić information content (AvgIpc) is 2.92. The van der Waals surface area contributed by atoms with Crippen LogP contribution in [0.15, 0.2) is 17.5 Å². The molecule has 1 aliphatic heterocycles. The van der Waals surface area contributed by atoms with E-state index in [2.05, 4.69) is 0 Å². The fourth-order valence-corrected chi connectivity index (χ4v) is 4.82. The monoisotopic (exact) mass is 289 g/mol. The molecule has 2 atom stereocenters. The van der Waals surface area contributed by atoms with Crippen LogP contribution in [0.1, 0.15) is 37.2 Å². The molecule has 1 fully saturated rings. The van der Waals surface area contributed by atoms with Crippen molar-refractivity contribution in [2.24, 2.45) is 0 Å². The molecule has 6 heteroatoms. The van der Waals surface area contributed by atoms with Gasteiger partial charge < -0.3 is 5.11 Å². The molecule has 0 bridgehead atoms. The van der Waals surface area contributed by atoms with Gasteiger partial charge in [0, 0.05) is 18.0 Å². The number of aliphatic hydroxyl groups is 1. The van der Waals surface area contributed by atoms with Crippen LogP contribution < -0.4 is 0 Å². The highest BCUT2D eigenvalue weighted by molar-refractivity contribution is 7.89. The molecule has 2 rings (SSSR count). The molecule has 1 aliphatic rings. The lowest BCUT2D eigenvalue weighted by Crippen LogP contribution is -2.42. The van der Waals surface area contributed by atoms with Crippen LogP contribution >= 0.6 is 11.3 Å². The zero-order chi connectivity index (χ0) is 13.2. The summed E-state index contributed by atoms with van der Waals surface area (Å²) in [5.74, 6) is 0. The summed E-state index contributed by atoms with van der Waals surface area (Å²) < 4.78 is 26.3. The largest absolute Gasteiger partial charge is 0.386 e. The lowest BCUT2D eigenvalue weighted by atomic mass is 10.2. The van der Waals surface area contributed by atoms with Crippen molar-refractivity contribution in [1.29, 1.82) is 0 Å². The number of hydrogen-bond donors (Lipinski definition) is 1. The van der Waals surface area contributed by atoms with Gasteiger partial charge in [-0.15, -0.1) is 11.3 Å². The zero-order valence-electron chi connectivity index (χ0n) is 10.4. The third kappa shape index (κ3) is 2.77. The molecule has 0 saturated carbocycles. The number of sulfonamides is 1. The van der Waals surface area contributed by atoms with Crippen molar-refractivity contribution in [3.8, 4) is 0 Å². The van der Waals surface area contributed by atoms with Crippen LogP contribution in [0.25, 0.3) is 0 Å². The van der Waals surface area contributed by atoms with Crippen LogP contribution in [-0.2, 0) is 10.0 Å². The minimum Gasteiger partial charge on any atom is -0.386 e. The summed E-state index contributed by atoms with van der Waals surface area (Å²) in [6.07, 6.45) is 1.99. The highest BCUT2D eigenvalue weighted by atomic mass is 32.2. The molecular formula is C12H19NO3S2. The van der Waals surface area contributed by atoms with E-state index in [1.54, 1.807) is 13.0 Å². The van der Waals surface area contributed by atoms with Crippen molar-refractivity contribution < 1.29 is 13.5 Å². The van der Waals surface area contributed by atoms with Gasteiger partial charge in [-0.05, 0) is 31.2 Å². The minimum atomic E-state index is -3.40. The fraction of sp³-hybridized carbons (Fsp3) is 0.667. The summed E-state index contributed by atoms with van der Waals surface area (Å²) in [4.78, 5) is 0.711. The predicted molar refractivity (Wildman–Crippen MR) is 73.1 cm³/mol. The van der Waals surface area contributed by atoms with E-state index in [0.29, 0.717) is 18.0 Å². The Morgan fingerprint density at radius 3 is 2.56 bits per heavy atom. The Labute approximate surface area is 112 Å². The summed E-state index contributed by atoms with van der Waals surface area (Å²) in [7, 11) is -3.40. The SMILES string of the molecule is C[C@@H]([C@H](O)c1cccs1)S(=O)(=O)N1CCCCC1. The third-order valence-corrected chi connectivity index (χ3v) is 6.65. The smallest absolute Gasteiger partial charge is 0.219 e. The summed E-state index contributed by atoms with van der Waals surface area (Å²) in [6.45, 7) is 2.77. The molecule has 0 aromatic carbocycles. The molecule has 0 spiro atoms. The molecule has 1 saturated heterocycles. The van der Waals surface area contributed by atoms with E-state index in [-0.39, 0.29) is 0 Å². The number of thiophene rings is 1. The second-order valence-electron chi connectivity index (χ2n) is 4.67. The number of hydrogen-bond acceptors (Lipinski definition) is 4. The number of piperidine rings is 1. The van der Waals surface area contributed by atoms with Gasteiger partial charge in [0.05, 0.1) is 0 Å². The molecule has 0 aliphatic carbocycles. The first-order valence-corrected chi connectivity index (χ1v) is 8.62. The van der Waals surface area contributed by atoms with Crippen molar-refractivity contribution in [3.63, 3.8) is 0 Å². The first kappa shape index (κ1) is 14.0. The topological polar surface area (TPSA) is 57.6 Å². The van der Waals surface area contributed by atoms with E-state index in [1.165, 1.54) is 15.6 Å². The Morgan fingerprint density at radius 1 is 1.33 bits per heavy atom. The Kier molecular flexibility index (Phi) is 4.42. The van der Waals surface area contributed by atoms with E-state index in [9.17, 15) is 13.5 Å². The van der Waals surface area contributed by atoms with Crippen LogP contribution in [-0.4, -0.2) is 36.2 Å². The molecule has 1 aromatic heterocycles. The average molecular weight is 289 g/mol. The first-order valence-electron chi connectivity index (χ1n) is 6.24. The van der Waals surface area contributed by atoms with E-state index in [1.807, 2.05) is 11.4 Å². The summed E-state index contributed by atoms with van der Waals surface area (Å²) in [5, 5.41) is 11.2. The fourth-order valence-electron chi connectivity index (χ4n) is 2.21. The molecule has 1 aromatic rings. The molecule has 0 amide bonds. The van der Waals surface area contributed by atoms with Crippen molar-refractivity contribution in [1.82, 2.24) is 4.31 Å². The molecule has 1 N–H and O–H groups in total. The zero-order valence-corrected chi connectivity index (χ0v) is 12.1. The minimum absolute atomic E-state index is 0.587. The highest BCUT2D eigenvalue weighted by Crippen LogP contribution is 2.28. The van der Waals surface area contributed by atoms with E-state index in [4.69, 9.17) is 0 Å². The van der Waals surface area contributed by atoms with Crippen LogP contribution in [0.4, 0.5) is 0 Å². The number of aliphatic hydroxyl groups excluding tert-OH is 1. The third-order valence-electron chi connectivity index (χ3n) is 3.42. The van der Waals surface area contributed by atoms with Crippen LogP contribution in [0.3, 0.4) is 0 Å². The standard InChI is InChI=1S/C12H19NO3S2/c1-10(12(14)11-6-5-9-17-11)18(15,16)13-7-3-2-4-8-13/h5-6,9-10,12,14H,2-4,7-8H2,1H3/t10-,12-/m0/s1. The van der Waals surface area contributed by atoms with Gasteiger partial charge in [0.1, 0.15) is 11.4 Å². The van der Waals surface area contributed by atoms with Gasteiger partial charge in [-0.2, -0.15) is 0 Å². The molecule has 0 radical (unpaired) electrons. The van der Waals surface area contributed by atoms with Gasteiger partial charge in [0.25, 0.3) is 0 Å². The molecular weight excluding hydrogens is 270 g/mol. The normalized spacial score (nSPS) is 21.7. The summed E-state index contributed by atoms with van der Waals surface area (Å²) in [6, 6.07) is 3.60. The van der Waals surface area contributed by atoms with Crippen molar-refractivity contribution in [2.75, 3.05) is 13.1 Å². The molecule has 4 nitrogen and oxygen atoms in total. The van der Waals surface area contributed by atoms with Crippen molar-refractivity contribution >= 4 is 21.4 Å². The number of rotatable bonds is 4. The Balaban J connectivity index is 2.13. The van der Waals surface area contributed by atoms with Gasteiger partial charge in [-0.1, -0.05) is 12.5 Å². The van der Waals surface area contributed by atoms with Gasteiger partial charge in [-0.3, -0.25) is 0 Å². The van der Waals surface area contributed by atoms with Gasteiger partial charge in [0.15, 0.2) is 0 Å². The number of nitrogens with zero attached hydrogens (tertiary/aromatic N) is 1. The summed E-state index contributed by atoms with van der Waals surface area (Å²) in [5.41, 5.74) is 0. The second kappa shape index (κ2) is 5.69. The molecule has 102 valence electrons. The van der Waals surface area contributed by atoms with Crippen LogP contribution in [0.2, 0.25) is 0 Å². The lowest BCUT2D eigenvalue weighted by Gasteiger charge is -2.30. The Hall–Kier alpha value is -0.430. The van der Waals surface area contributed by atoms with Crippen LogP contribution in [0, 0.1) is 0 Å². The van der Waals surface area contributed by atoms with Gasteiger partial charge in [0.2, 0.25) is 10.0 Å². The van der Waals surface area contributed by atoms with E-state index < -0.39 is 21.4 Å². The van der Waals surface area contributed by atoms with Crippen LogP contribution in [0.5, 0.6) is 0 Å². The quantitative estimate of drug-likeness (QED) is 0.922. The predicted octanol–water partition coefficient (Wildman–Crippen LogP) is 1.99.